The first-order chi connectivity index (χ1) is 9.69. The molecule has 118 valence electrons. The summed E-state index contributed by atoms with van der Waals surface area (Å²) in [5, 5.41) is 11.6. The molecule has 0 aliphatic carbocycles. The van der Waals surface area contributed by atoms with Crippen molar-refractivity contribution in [3.05, 3.63) is 23.8 Å². The third-order valence-corrected chi connectivity index (χ3v) is 2.58. The zero-order valence-electron chi connectivity index (χ0n) is 11.4. The van der Waals surface area contributed by atoms with E-state index in [1.54, 1.807) is 6.92 Å². The number of hydrogen-bond acceptors (Lipinski definition) is 4. The number of nitrogen functional groups attached to an aromatic ring is 1. The Morgan fingerprint density at radius 3 is 2.67 bits per heavy atom. The average Bonchev–Trinajstić information content (AvgIpc) is 2.35. The minimum Gasteiger partial charge on any atom is -0.404 e. The van der Waals surface area contributed by atoms with Gasteiger partial charge in [-0.1, -0.05) is 0 Å². The standard InChI is InChI=1S/C13H17F3N2O3/c1-8(19)3-2-6-18-12(20)9-4-5-11(10(17)7-9)21-13(14,15)16/h4-5,7-8,19H,2-3,6,17H2,1H3,(H,18,20). The van der Waals surface area contributed by atoms with Crippen LogP contribution in [0.1, 0.15) is 30.1 Å². The van der Waals surface area contributed by atoms with E-state index in [0.29, 0.717) is 19.4 Å². The summed E-state index contributed by atoms with van der Waals surface area (Å²) in [5.41, 5.74) is 5.29. The van der Waals surface area contributed by atoms with Crippen molar-refractivity contribution < 1.29 is 27.8 Å². The largest absolute Gasteiger partial charge is 0.573 e. The highest BCUT2D eigenvalue weighted by molar-refractivity contribution is 5.95. The zero-order chi connectivity index (χ0) is 16.0. The number of carbonyl (C=O) groups is 1. The number of halogens is 3. The van der Waals surface area contributed by atoms with E-state index in [-0.39, 0.29) is 11.3 Å². The number of benzene rings is 1. The summed E-state index contributed by atoms with van der Waals surface area (Å²) in [7, 11) is 0. The highest BCUT2D eigenvalue weighted by Crippen LogP contribution is 2.28. The lowest BCUT2D eigenvalue weighted by molar-refractivity contribution is -0.274. The molecule has 21 heavy (non-hydrogen) atoms. The molecule has 0 spiro atoms. The Balaban J connectivity index is 2.60. The van der Waals surface area contributed by atoms with Crippen LogP contribution in [0.25, 0.3) is 0 Å². The lowest BCUT2D eigenvalue weighted by atomic mass is 10.1. The predicted molar refractivity (Wildman–Crippen MR) is 70.8 cm³/mol. The molecule has 1 atom stereocenters. The Morgan fingerprint density at radius 1 is 1.48 bits per heavy atom. The van der Waals surface area contributed by atoms with Gasteiger partial charge in [-0.05, 0) is 38.0 Å². The number of nitrogens with two attached hydrogens (primary N) is 1. The maximum atomic E-state index is 12.1. The number of nitrogens with one attached hydrogen (secondary N) is 1. The van der Waals surface area contributed by atoms with Crippen molar-refractivity contribution in [2.75, 3.05) is 12.3 Å². The van der Waals surface area contributed by atoms with Crippen LogP contribution < -0.4 is 15.8 Å². The summed E-state index contributed by atoms with van der Waals surface area (Å²) in [6.45, 7) is 1.99. The van der Waals surface area contributed by atoms with Crippen molar-refractivity contribution in [3.63, 3.8) is 0 Å². The Kier molecular flexibility index (Phi) is 5.83. The van der Waals surface area contributed by atoms with E-state index in [0.717, 1.165) is 12.1 Å². The molecule has 0 fully saturated rings. The van der Waals surface area contributed by atoms with Gasteiger partial charge in [0.05, 0.1) is 11.8 Å². The van der Waals surface area contributed by atoms with Crippen LogP contribution in [-0.2, 0) is 0 Å². The molecular formula is C13H17F3N2O3. The van der Waals surface area contributed by atoms with Gasteiger partial charge in [0, 0.05) is 12.1 Å². The van der Waals surface area contributed by atoms with Gasteiger partial charge in [0.1, 0.15) is 0 Å². The number of anilines is 1. The van der Waals surface area contributed by atoms with Crippen LogP contribution in [0.4, 0.5) is 18.9 Å². The molecule has 5 nitrogen and oxygen atoms in total. The van der Waals surface area contributed by atoms with Gasteiger partial charge in [0.2, 0.25) is 0 Å². The van der Waals surface area contributed by atoms with Crippen LogP contribution in [0, 0.1) is 0 Å². The number of amides is 1. The Labute approximate surface area is 119 Å². The molecule has 0 heterocycles. The number of carbonyl (C=O) groups excluding carboxylic acids is 1. The van der Waals surface area contributed by atoms with Crippen LogP contribution in [0.5, 0.6) is 5.75 Å². The summed E-state index contributed by atoms with van der Waals surface area (Å²) >= 11 is 0. The minimum atomic E-state index is -4.83. The van der Waals surface area contributed by atoms with Crippen LogP contribution in [-0.4, -0.2) is 30.0 Å². The second-order valence-corrected chi connectivity index (χ2v) is 4.55. The number of alkyl halides is 3. The summed E-state index contributed by atoms with van der Waals surface area (Å²) in [5.74, 6) is -1.00. The molecule has 0 saturated heterocycles. The number of hydrogen-bond donors (Lipinski definition) is 3. The Morgan fingerprint density at radius 2 is 2.14 bits per heavy atom. The van der Waals surface area contributed by atoms with Crippen molar-refractivity contribution in [2.45, 2.75) is 32.2 Å². The Hall–Kier alpha value is -1.96. The first-order valence-electron chi connectivity index (χ1n) is 6.30. The highest BCUT2D eigenvalue weighted by Gasteiger charge is 2.32. The normalized spacial score (nSPS) is 12.8. The Bertz CT molecular complexity index is 490. The maximum Gasteiger partial charge on any atom is 0.573 e. The van der Waals surface area contributed by atoms with Gasteiger partial charge in [0.25, 0.3) is 5.91 Å². The molecular weight excluding hydrogens is 289 g/mol. The summed E-state index contributed by atoms with van der Waals surface area (Å²) in [4.78, 5) is 11.7. The van der Waals surface area contributed by atoms with Crippen molar-refractivity contribution in [1.29, 1.82) is 0 Å². The fraction of sp³-hybridized carbons (Fsp3) is 0.462. The van der Waals surface area contributed by atoms with E-state index in [4.69, 9.17) is 10.8 Å². The van der Waals surface area contributed by atoms with Crippen LogP contribution >= 0.6 is 0 Å². The summed E-state index contributed by atoms with van der Waals surface area (Å²) < 4.78 is 39.9. The lowest BCUT2D eigenvalue weighted by Gasteiger charge is -2.12. The van der Waals surface area contributed by atoms with Crippen molar-refractivity contribution in [1.82, 2.24) is 5.32 Å². The molecule has 0 bridgehead atoms. The smallest absolute Gasteiger partial charge is 0.404 e. The SMILES string of the molecule is CC(O)CCCNC(=O)c1ccc(OC(F)(F)F)c(N)c1. The second kappa shape index (κ2) is 7.16. The molecule has 0 radical (unpaired) electrons. The topological polar surface area (TPSA) is 84.6 Å². The molecule has 0 saturated carbocycles. The molecule has 1 amide bonds. The maximum absolute atomic E-state index is 12.1. The molecule has 0 aliphatic rings. The quantitative estimate of drug-likeness (QED) is 0.555. The van der Waals surface area contributed by atoms with Gasteiger partial charge in [0.15, 0.2) is 5.75 Å². The van der Waals surface area contributed by atoms with Crippen LogP contribution in [0.2, 0.25) is 0 Å². The summed E-state index contributed by atoms with van der Waals surface area (Å²) in [6.07, 6.45) is -4.15. The molecule has 1 aromatic rings. The van der Waals surface area contributed by atoms with Crippen molar-refractivity contribution >= 4 is 11.6 Å². The summed E-state index contributed by atoms with van der Waals surface area (Å²) in [6, 6.07) is 3.31. The first kappa shape index (κ1) is 17.1. The van der Waals surface area contributed by atoms with Crippen molar-refractivity contribution in [3.8, 4) is 5.75 Å². The van der Waals surface area contributed by atoms with Crippen LogP contribution in [0.15, 0.2) is 18.2 Å². The molecule has 8 heteroatoms. The van der Waals surface area contributed by atoms with Crippen LogP contribution in [0.3, 0.4) is 0 Å². The van der Waals surface area contributed by atoms with Gasteiger partial charge in [-0.3, -0.25) is 4.79 Å². The van der Waals surface area contributed by atoms with Gasteiger partial charge < -0.3 is 20.9 Å². The third-order valence-electron chi connectivity index (χ3n) is 2.58. The molecule has 0 aliphatic heterocycles. The van der Waals surface area contributed by atoms with Gasteiger partial charge in [-0.15, -0.1) is 13.2 Å². The van der Waals surface area contributed by atoms with E-state index in [9.17, 15) is 18.0 Å². The molecule has 1 aromatic carbocycles. The monoisotopic (exact) mass is 306 g/mol. The molecule has 1 unspecified atom stereocenters. The average molecular weight is 306 g/mol. The van der Waals surface area contributed by atoms with E-state index >= 15 is 0 Å². The number of aliphatic hydroxyl groups is 1. The predicted octanol–water partition coefficient (Wildman–Crippen LogP) is 2.06. The fourth-order valence-corrected chi connectivity index (χ4v) is 1.61. The van der Waals surface area contributed by atoms with Gasteiger partial charge >= 0.3 is 6.36 Å². The molecule has 4 N–H and O–H groups in total. The number of ether oxygens (including phenoxy) is 1. The number of aliphatic hydroxyl groups excluding tert-OH is 1. The lowest BCUT2D eigenvalue weighted by Crippen LogP contribution is -2.25. The molecule has 0 aromatic heterocycles. The van der Waals surface area contributed by atoms with E-state index in [2.05, 4.69) is 10.1 Å². The number of rotatable bonds is 6. The molecule has 1 rings (SSSR count). The third kappa shape index (κ3) is 6.35. The first-order valence-corrected chi connectivity index (χ1v) is 6.30. The van der Waals surface area contributed by atoms with E-state index < -0.39 is 24.1 Å². The van der Waals surface area contributed by atoms with E-state index in [1.807, 2.05) is 0 Å². The second-order valence-electron chi connectivity index (χ2n) is 4.55. The highest BCUT2D eigenvalue weighted by atomic mass is 19.4. The van der Waals surface area contributed by atoms with Crippen molar-refractivity contribution in [2.24, 2.45) is 0 Å². The van der Waals surface area contributed by atoms with Gasteiger partial charge in [-0.25, -0.2) is 0 Å². The van der Waals surface area contributed by atoms with Gasteiger partial charge in [-0.2, -0.15) is 0 Å². The zero-order valence-corrected chi connectivity index (χ0v) is 11.4. The fourth-order valence-electron chi connectivity index (χ4n) is 1.61. The minimum absolute atomic E-state index is 0.138. The van der Waals surface area contributed by atoms with E-state index in [1.165, 1.54) is 6.07 Å².